The van der Waals surface area contributed by atoms with Crippen LogP contribution in [0.25, 0.3) is 0 Å². The summed E-state index contributed by atoms with van der Waals surface area (Å²) in [6, 6.07) is 4.18. The van der Waals surface area contributed by atoms with Crippen molar-refractivity contribution in [3.05, 3.63) is 34.4 Å². The van der Waals surface area contributed by atoms with Crippen LogP contribution in [0.2, 0.25) is 0 Å². The van der Waals surface area contributed by atoms with Crippen molar-refractivity contribution in [2.24, 2.45) is 0 Å². The van der Waals surface area contributed by atoms with Crippen LogP contribution in [0, 0.1) is 6.92 Å². The first kappa shape index (κ1) is 19.9. The smallest absolute Gasteiger partial charge is 0.308 e. The molecular weight excluding hydrogens is 316 g/mol. The molecule has 1 aliphatic rings. The van der Waals surface area contributed by atoms with Crippen LogP contribution in [-0.4, -0.2) is 28.9 Å². The number of fused-ring (bicyclic) bond motifs is 1. The molecule has 140 valence electrons. The fraction of sp³-hybridized carbons (Fsp3) is 0.667. The Labute approximate surface area is 151 Å². The van der Waals surface area contributed by atoms with Gasteiger partial charge in [-0.15, -0.1) is 0 Å². The van der Waals surface area contributed by atoms with E-state index in [1.54, 1.807) is 6.92 Å². The van der Waals surface area contributed by atoms with Crippen molar-refractivity contribution >= 4 is 5.97 Å². The van der Waals surface area contributed by atoms with E-state index in [4.69, 9.17) is 4.74 Å². The molecule has 0 spiro atoms. The Balaban J connectivity index is 2.38. The van der Waals surface area contributed by atoms with Crippen molar-refractivity contribution in [3.63, 3.8) is 0 Å². The Morgan fingerprint density at radius 1 is 1.12 bits per heavy atom. The number of carbonyl (C=O) groups excluding carboxylic acids is 1. The maximum Gasteiger partial charge on any atom is 0.308 e. The summed E-state index contributed by atoms with van der Waals surface area (Å²) in [6.07, 6.45) is -0.275. The first-order chi connectivity index (χ1) is 11.5. The summed E-state index contributed by atoms with van der Waals surface area (Å²) >= 11 is 0. The quantitative estimate of drug-likeness (QED) is 0.797. The molecule has 0 fully saturated rings. The highest BCUT2D eigenvalue weighted by Gasteiger charge is 2.38. The van der Waals surface area contributed by atoms with Gasteiger partial charge in [-0.25, -0.2) is 0 Å². The molecule has 0 amide bonds. The molecule has 2 N–H and O–H groups in total. The molecule has 0 bridgehead atoms. The summed E-state index contributed by atoms with van der Waals surface area (Å²) in [5.41, 5.74) is 4.31. The highest BCUT2D eigenvalue weighted by molar-refractivity contribution is 5.70. The lowest BCUT2D eigenvalue weighted by atomic mass is 9.62. The number of ether oxygens (including phenoxy) is 1. The van der Waals surface area contributed by atoms with Crippen LogP contribution >= 0.6 is 0 Å². The number of rotatable bonds is 5. The van der Waals surface area contributed by atoms with E-state index in [2.05, 4.69) is 33.8 Å². The van der Waals surface area contributed by atoms with E-state index in [9.17, 15) is 15.0 Å². The molecule has 0 saturated carbocycles. The van der Waals surface area contributed by atoms with E-state index >= 15 is 0 Å². The number of hydrogen-bond donors (Lipinski definition) is 2. The minimum atomic E-state index is -1.17. The number of esters is 1. The molecule has 2 atom stereocenters. The van der Waals surface area contributed by atoms with E-state index < -0.39 is 18.2 Å². The number of carbonyl (C=O) groups is 1. The van der Waals surface area contributed by atoms with Gasteiger partial charge in [-0.1, -0.05) is 39.8 Å². The van der Waals surface area contributed by atoms with Gasteiger partial charge >= 0.3 is 5.97 Å². The van der Waals surface area contributed by atoms with Gasteiger partial charge in [-0.2, -0.15) is 0 Å². The molecule has 25 heavy (non-hydrogen) atoms. The van der Waals surface area contributed by atoms with Crippen molar-refractivity contribution in [1.82, 2.24) is 0 Å². The van der Waals surface area contributed by atoms with Gasteiger partial charge in [0, 0.05) is 0 Å². The third kappa shape index (κ3) is 4.06. The lowest BCUT2D eigenvalue weighted by molar-refractivity contribution is -0.147. The Hall–Kier alpha value is -1.39. The number of aryl methyl sites for hydroxylation is 1. The van der Waals surface area contributed by atoms with Gasteiger partial charge in [0.05, 0.1) is 19.1 Å². The lowest BCUT2D eigenvalue weighted by Gasteiger charge is -2.42. The van der Waals surface area contributed by atoms with Gasteiger partial charge < -0.3 is 14.9 Å². The van der Waals surface area contributed by atoms with Crippen molar-refractivity contribution in [2.75, 3.05) is 6.61 Å². The second-order valence-corrected chi connectivity index (χ2v) is 8.54. The lowest BCUT2D eigenvalue weighted by Crippen LogP contribution is -2.34. The van der Waals surface area contributed by atoms with Gasteiger partial charge in [0.15, 0.2) is 0 Å². The molecule has 0 aromatic heterocycles. The molecule has 0 heterocycles. The van der Waals surface area contributed by atoms with Gasteiger partial charge in [-0.05, 0) is 59.8 Å². The monoisotopic (exact) mass is 348 g/mol. The Kier molecular flexibility index (Phi) is 5.65. The van der Waals surface area contributed by atoms with E-state index in [1.165, 1.54) is 11.1 Å². The second-order valence-electron chi connectivity index (χ2n) is 8.54. The van der Waals surface area contributed by atoms with Crippen LogP contribution in [0.3, 0.4) is 0 Å². The van der Waals surface area contributed by atoms with Crippen molar-refractivity contribution < 1.29 is 19.7 Å². The first-order valence-corrected chi connectivity index (χ1v) is 9.17. The molecule has 1 aromatic carbocycles. The fourth-order valence-corrected chi connectivity index (χ4v) is 3.77. The second kappa shape index (κ2) is 7.08. The summed E-state index contributed by atoms with van der Waals surface area (Å²) in [7, 11) is 0. The van der Waals surface area contributed by atoms with Gasteiger partial charge in [-0.3, -0.25) is 4.79 Å². The summed E-state index contributed by atoms with van der Waals surface area (Å²) in [4.78, 5) is 11.6. The third-order valence-electron chi connectivity index (χ3n) is 5.60. The van der Waals surface area contributed by atoms with Crippen LogP contribution < -0.4 is 0 Å². The number of aliphatic hydroxyl groups is 2. The average Bonchev–Trinajstić information content (AvgIpc) is 2.51. The predicted molar refractivity (Wildman–Crippen MR) is 98.7 cm³/mol. The molecule has 0 aliphatic heterocycles. The molecule has 2 unspecified atom stereocenters. The molecule has 1 aliphatic carbocycles. The van der Waals surface area contributed by atoms with Gasteiger partial charge in [0.2, 0.25) is 0 Å². The standard InChI is InChI=1S/C21H32O4/c1-7-25-18(23)12-17(22)19(24)14-11-16-15(10-13(14)2)20(3,4)8-9-21(16,5)6/h10-11,17,19,22,24H,7-9,12H2,1-6H3. The maximum atomic E-state index is 11.6. The first-order valence-electron chi connectivity index (χ1n) is 9.17. The van der Waals surface area contributed by atoms with Crippen molar-refractivity contribution in [1.29, 1.82) is 0 Å². The van der Waals surface area contributed by atoms with E-state index in [0.29, 0.717) is 5.56 Å². The maximum absolute atomic E-state index is 11.6. The minimum absolute atomic E-state index is 0.0269. The summed E-state index contributed by atoms with van der Waals surface area (Å²) in [5, 5.41) is 20.9. The number of benzene rings is 1. The van der Waals surface area contributed by atoms with Crippen LogP contribution in [0.4, 0.5) is 0 Å². The molecule has 2 rings (SSSR count). The largest absolute Gasteiger partial charge is 0.466 e. The molecule has 1 aromatic rings. The van der Waals surface area contributed by atoms with Gasteiger partial charge in [0.1, 0.15) is 6.10 Å². The normalized spacial score (nSPS) is 20.5. The molecule has 0 saturated heterocycles. The zero-order valence-corrected chi connectivity index (χ0v) is 16.3. The molecular formula is C21H32O4. The molecule has 4 nitrogen and oxygen atoms in total. The van der Waals surface area contributed by atoms with Crippen LogP contribution in [-0.2, 0) is 20.4 Å². The minimum Gasteiger partial charge on any atom is -0.466 e. The van der Waals surface area contributed by atoms with Crippen LogP contribution in [0.15, 0.2) is 12.1 Å². The SMILES string of the molecule is CCOC(=O)CC(O)C(O)c1cc2c(cc1C)C(C)(C)CCC2(C)C. The number of hydrogen-bond acceptors (Lipinski definition) is 4. The number of aliphatic hydroxyl groups excluding tert-OH is 2. The van der Waals surface area contributed by atoms with E-state index in [1.807, 2.05) is 13.0 Å². The van der Waals surface area contributed by atoms with E-state index in [0.717, 1.165) is 18.4 Å². The Morgan fingerprint density at radius 2 is 1.64 bits per heavy atom. The zero-order chi connectivity index (χ0) is 19.0. The van der Waals surface area contributed by atoms with E-state index in [-0.39, 0.29) is 23.9 Å². The average molecular weight is 348 g/mol. The highest BCUT2D eigenvalue weighted by atomic mass is 16.5. The fourth-order valence-electron chi connectivity index (χ4n) is 3.77. The van der Waals surface area contributed by atoms with Crippen LogP contribution in [0.1, 0.15) is 82.2 Å². The highest BCUT2D eigenvalue weighted by Crippen LogP contribution is 2.47. The Morgan fingerprint density at radius 3 is 2.16 bits per heavy atom. The van der Waals surface area contributed by atoms with Crippen molar-refractivity contribution in [2.45, 2.75) is 83.8 Å². The van der Waals surface area contributed by atoms with Crippen molar-refractivity contribution in [3.8, 4) is 0 Å². The zero-order valence-electron chi connectivity index (χ0n) is 16.3. The summed E-state index contributed by atoms with van der Waals surface area (Å²) in [6.45, 7) is 12.9. The Bertz CT molecular complexity index is 646. The third-order valence-corrected chi connectivity index (χ3v) is 5.60. The summed E-state index contributed by atoms with van der Waals surface area (Å²) in [5.74, 6) is -0.494. The summed E-state index contributed by atoms with van der Waals surface area (Å²) < 4.78 is 4.87. The topological polar surface area (TPSA) is 66.8 Å². The van der Waals surface area contributed by atoms with Gasteiger partial charge in [0.25, 0.3) is 0 Å². The predicted octanol–water partition coefficient (Wildman–Crippen LogP) is 3.69. The van der Waals surface area contributed by atoms with Crippen LogP contribution in [0.5, 0.6) is 0 Å². The molecule has 0 radical (unpaired) electrons. The molecule has 4 heteroatoms.